The fraction of sp³-hybridized carbons (Fsp3) is 0.533. The Labute approximate surface area is 147 Å². The lowest BCUT2D eigenvalue weighted by molar-refractivity contribution is -0.386. The first-order valence-electron chi connectivity index (χ1n) is 7.56. The van der Waals surface area contributed by atoms with Crippen molar-refractivity contribution in [1.29, 1.82) is 0 Å². The van der Waals surface area contributed by atoms with E-state index >= 15 is 0 Å². The molecule has 1 amide bonds. The van der Waals surface area contributed by atoms with Gasteiger partial charge in [0, 0.05) is 18.2 Å². The molecule has 0 bridgehead atoms. The number of nitrogens with zero attached hydrogens (tertiary/aromatic N) is 2. The van der Waals surface area contributed by atoms with Crippen LogP contribution in [0.2, 0.25) is 0 Å². The minimum absolute atomic E-state index is 0.0414. The summed E-state index contributed by atoms with van der Waals surface area (Å²) >= 11 is 0. The molecule has 0 aliphatic heterocycles. The molecule has 0 saturated carbocycles. The lowest BCUT2D eigenvalue weighted by Gasteiger charge is -2.24. The first-order chi connectivity index (χ1) is 11.4. The number of nitro groups is 1. The zero-order valence-corrected chi connectivity index (χ0v) is 15.7. The summed E-state index contributed by atoms with van der Waals surface area (Å²) in [6.07, 6.45) is 0. The average Bonchev–Trinajstić information content (AvgIpc) is 2.49. The van der Waals surface area contributed by atoms with Crippen molar-refractivity contribution in [3.8, 4) is 5.75 Å². The number of amides is 1. The van der Waals surface area contributed by atoms with Crippen LogP contribution in [0.25, 0.3) is 0 Å². The van der Waals surface area contributed by atoms with Crippen molar-refractivity contribution < 1.29 is 22.9 Å². The molecule has 0 atom stereocenters. The molecule has 1 N–H and O–H groups in total. The first kappa shape index (κ1) is 20.8. The number of carbonyl (C=O) groups is 1. The van der Waals surface area contributed by atoms with E-state index in [1.54, 1.807) is 27.7 Å². The molecule has 0 aromatic heterocycles. The molecule has 1 rings (SSSR count). The smallest absolute Gasteiger partial charge is 0.312 e. The third-order valence-corrected chi connectivity index (χ3v) is 5.09. The monoisotopic (exact) mass is 373 g/mol. The first-order valence-corrected chi connectivity index (χ1v) is 9.00. The second-order valence-corrected chi connectivity index (χ2v) is 8.26. The van der Waals surface area contributed by atoms with Gasteiger partial charge in [0.25, 0.3) is 0 Å². The molecule has 0 spiro atoms. The largest absolute Gasteiger partial charge is 0.490 e. The number of hydrogen-bond donors (Lipinski definition) is 1. The summed E-state index contributed by atoms with van der Waals surface area (Å²) in [6.45, 7) is 6.59. The van der Waals surface area contributed by atoms with Gasteiger partial charge in [0.2, 0.25) is 15.9 Å². The van der Waals surface area contributed by atoms with E-state index in [0.717, 1.165) is 10.4 Å². The van der Waals surface area contributed by atoms with E-state index in [1.807, 2.05) is 0 Å². The summed E-state index contributed by atoms with van der Waals surface area (Å²) < 4.78 is 31.3. The van der Waals surface area contributed by atoms with Crippen LogP contribution in [0.4, 0.5) is 5.69 Å². The number of nitrogens with one attached hydrogen (secondary N) is 1. The molecule has 140 valence electrons. The summed E-state index contributed by atoms with van der Waals surface area (Å²) in [5.74, 6) is -0.501. The van der Waals surface area contributed by atoms with Crippen LogP contribution >= 0.6 is 0 Å². The molecule has 0 aliphatic rings. The number of methoxy groups -OCH3 is 1. The maximum absolute atomic E-state index is 12.7. The summed E-state index contributed by atoms with van der Waals surface area (Å²) in [6, 6.07) is 3.36. The molecule has 0 saturated heterocycles. The van der Waals surface area contributed by atoms with Gasteiger partial charge in [-0.3, -0.25) is 14.9 Å². The molecular weight excluding hydrogens is 350 g/mol. The summed E-state index contributed by atoms with van der Waals surface area (Å²) in [5, 5.41) is 13.8. The average molecular weight is 373 g/mol. The summed E-state index contributed by atoms with van der Waals surface area (Å²) in [7, 11) is -2.81. The third kappa shape index (κ3) is 5.40. The van der Waals surface area contributed by atoms with E-state index in [0.29, 0.717) is 0 Å². The molecule has 0 fully saturated rings. The van der Waals surface area contributed by atoms with Gasteiger partial charge in [0.05, 0.1) is 23.5 Å². The topological polar surface area (TPSA) is 119 Å². The molecule has 9 nitrogen and oxygen atoms in total. The van der Waals surface area contributed by atoms with Crippen molar-refractivity contribution in [3.05, 3.63) is 28.3 Å². The van der Waals surface area contributed by atoms with Gasteiger partial charge in [-0.05, 0) is 32.9 Å². The number of ether oxygens (including phenoxy) is 1. The molecule has 0 aliphatic carbocycles. The SMILES string of the molecule is CCN(CC(=O)NC(C)(C)C)S(=O)(=O)c1ccc(OC)c([N+](=O)[O-])c1. The maximum Gasteiger partial charge on any atom is 0.312 e. The molecule has 0 heterocycles. The fourth-order valence-corrected chi connectivity index (χ4v) is 3.53. The van der Waals surface area contributed by atoms with E-state index in [9.17, 15) is 23.3 Å². The molecule has 0 radical (unpaired) electrons. The van der Waals surface area contributed by atoms with Crippen molar-refractivity contribution in [3.63, 3.8) is 0 Å². The number of sulfonamides is 1. The lowest BCUT2D eigenvalue weighted by Crippen LogP contribution is -2.47. The van der Waals surface area contributed by atoms with E-state index in [4.69, 9.17) is 4.74 Å². The van der Waals surface area contributed by atoms with Gasteiger partial charge in [-0.15, -0.1) is 0 Å². The van der Waals surface area contributed by atoms with E-state index in [2.05, 4.69) is 5.32 Å². The lowest BCUT2D eigenvalue weighted by atomic mass is 10.1. The summed E-state index contributed by atoms with van der Waals surface area (Å²) in [5.41, 5.74) is -0.960. The second kappa shape index (κ2) is 7.79. The van der Waals surface area contributed by atoms with Gasteiger partial charge in [0.1, 0.15) is 0 Å². The predicted molar refractivity (Wildman–Crippen MR) is 92.0 cm³/mol. The number of rotatable bonds is 7. The zero-order valence-electron chi connectivity index (χ0n) is 14.9. The van der Waals surface area contributed by atoms with Gasteiger partial charge in [-0.25, -0.2) is 8.42 Å². The maximum atomic E-state index is 12.7. The van der Waals surface area contributed by atoms with Crippen LogP contribution in [0.5, 0.6) is 5.75 Å². The summed E-state index contributed by atoms with van der Waals surface area (Å²) in [4.78, 5) is 22.1. The van der Waals surface area contributed by atoms with Gasteiger partial charge in [-0.1, -0.05) is 6.92 Å². The quantitative estimate of drug-likeness (QED) is 0.572. The Kier molecular flexibility index (Phi) is 6.49. The Bertz CT molecular complexity index is 755. The Hall–Kier alpha value is -2.20. The Morgan fingerprint density at radius 3 is 2.40 bits per heavy atom. The zero-order chi connectivity index (χ0) is 19.4. The van der Waals surface area contributed by atoms with Crippen molar-refractivity contribution >= 4 is 21.6 Å². The van der Waals surface area contributed by atoms with Crippen LogP contribution in [0.15, 0.2) is 23.1 Å². The normalized spacial score (nSPS) is 12.1. The predicted octanol–water partition coefficient (Wildman–Crippen LogP) is 1.53. The third-order valence-electron chi connectivity index (χ3n) is 3.17. The number of benzene rings is 1. The van der Waals surface area contributed by atoms with E-state index in [-0.39, 0.29) is 23.7 Å². The van der Waals surface area contributed by atoms with Crippen molar-refractivity contribution in [2.45, 2.75) is 38.1 Å². The van der Waals surface area contributed by atoms with Gasteiger partial charge in [-0.2, -0.15) is 4.31 Å². The van der Waals surface area contributed by atoms with Crippen LogP contribution in [-0.4, -0.2) is 49.3 Å². The van der Waals surface area contributed by atoms with Crippen molar-refractivity contribution in [2.75, 3.05) is 20.2 Å². The van der Waals surface area contributed by atoms with E-state index < -0.39 is 32.1 Å². The number of nitro benzene ring substituents is 1. The highest BCUT2D eigenvalue weighted by Gasteiger charge is 2.29. The standard InChI is InChI=1S/C15H23N3O6S/c1-6-17(10-14(19)16-15(2,3)4)25(22,23)11-7-8-13(24-5)12(9-11)18(20)21/h7-9H,6,10H2,1-5H3,(H,16,19). The number of likely N-dealkylation sites (N-methyl/N-ethyl adjacent to an activating group) is 1. The molecule has 0 unspecified atom stereocenters. The fourth-order valence-electron chi connectivity index (χ4n) is 2.11. The number of hydrogen-bond acceptors (Lipinski definition) is 6. The van der Waals surface area contributed by atoms with E-state index in [1.165, 1.54) is 19.2 Å². The Morgan fingerprint density at radius 2 is 1.96 bits per heavy atom. The minimum atomic E-state index is -4.07. The molecule has 25 heavy (non-hydrogen) atoms. The Balaban J connectivity index is 3.18. The van der Waals surface area contributed by atoms with Crippen LogP contribution in [-0.2, 0) is 14.8 Å². The van der Waals surface area contributed by atoms with Gasteiger partial charge < -0.3 is 10.1 Å². The highest BCUT2D eigenvalue weighted by Crippen LogP contribution is 2.30. The van der Waals surface area contributed by atoms with Crippen LogP contribution in [0.1, 0.15) is 27.7 Å². The molecule has 1 aromatic rings. The van der Waals surface area contributed by atoms with Gasteiger partial charge >= 0.3 is 5.69 Å². The van der Waals surface area contributed by atoms with Crippen molar-refractivity contribution in [2.24, 2.45) is 0 Å². The Morgan fingerprint density at radius 1 is 1.36 bits per heavy atom. The second-order valence-electron chi connectivity index (χ2n) is 6.32. The molecule has 1 aromatic carbocycles. The van der Waals surface area contributed by atoms with Crippen molar-refractivity contribution in [1.82, 2.24) is 9.62 Å². The minimum Gasteiger partial charge on any atom is -0.490 e. The highest BCUT2D eigenvalue weighted by atomic mass is 32.2. The van der Waals surface area contributed by atoms with Crippen LogP contribution < -0.4 is 10.1 Å². The van der Waals surface area contributed by atoms with Crippen LogP contribution in [0, 0.1) is 10.1 Å². The molecule has 10 heteroatoms. The highest BCUT2D eigenvalue weighted by molar-refractivity contribution is 7.89. The molecular formula is C15H23N3O6S. The van der Waals surface area contributed by atoms with Gasteiger partial charge in [0.15, 0.2) is 5.75 Å². The van der Waals surface area contributed by atoms with Crippen LogP contribution in [0.3, 0.4) is 0 Å². The number of carbonyl (C=O) groups excluding carboxylic acids is 1.